The lowest BCUT2D eigenvalue weighted by Crippen LogP contribution is -2.37. The Kier molecular flexibility index (Phi) is 9.92. The fraction of sp³-hybridized carbons (Fsp3) is 0.545. The summed E-state index contributed by atoms with van der Waals surface area (Å²) in [7, 11) is -2.56. The van der Waals surface area contributed by atoms with Gasteiger partial charge in [-0.25, -0.2) is 24.5 Å². The molecule has 0 bridgehead atoms. The van der Waals surface area contributed by atoms with Gasteiger partial charge in [-0.3, -0.25) is 28.0 Å². The number of hydrogen-bond acceptors (Lipinski definition) is 19. The van der Waals surface area contributed by atoms with E-state index in [1.165, 1.54) is 35.2 Å². The standard InChI is InChI=1S/C22H28N10O11P2S/c1-37-14-9(42-21(15(14)38-7-46)32-6-28-11-18(32)29-22(24)30-19(11)34)3-40-45(36)43-13-8(2-39-44-35)41-20(12(13)33)31-5-27-10-16(23)25-4-26-17(10)31/h4-6,8-9,12-15,20-21,33,45-46H,2-3,7H2,1H3,(H2,23,25,26)(H3,24,29,30,34). The van der Waals surface area contributed by atoms with E-state index in [1.807, 2.05) is 0 Å². The quantitative estimate of drug-likeness (QED) is 0.0672. The van der Waals surface area contributed by atoms with E-state index in [9.17, 15) is 19.0 Å². The second-order valence-electron chi connectivity index (χ2n) is 9.95. The molecule has 0 aromatic carbocycles. The molecule has 0 amide bonds. The van der Waals surface area contributed by atoms with Gasteiger partial charge in [-0.05, 0) is 0 Å². The predicted molar refractivity (Wildman–Crippen MR) is 159 cm³/mol. The zero-order valence-corrected chi connectivity index (χ0v) is 26.5. The van der Waals surface area contributed by atoms with Gasteiger partial charge < -0.3 is 44.6 Å². The van der Waals surface area contributed by atoms with Crippen LogP contribution in [0.4, 0.5) is 11.8 Å². The van der Waals surface area contributed by atoms with Crippen LogP contribution >= 0.6 is 29.6 Å². The molecule has 4 aromatic rings. The smallest absolute Gasteiger partial charge is 0.327 e. The van der Waals surface area contributed by atoms with Crippen molar-refractivity contribution in [3.63, 3.8) is 0 Å². The van der Waals surface area contributed by atoms with Gasteiger partial charge in [0.1, 0.15) is 48.5 Å². The van der Waals surface area contributed by atoms with Crippen molar-refractivity contribution in [3.05, 3.63) is 29.3 Å². The molecule has 46 heavy (non-hydrogen) atoms. The number of fused-ring (bicyclic) bond motifs is 2. The average Bonchev–Trinajstić information content (AvgIpc) is 3.80. The molecule has 9 atom stereocenters. The lowest BCUT2D eigenvalue weighted by molar-refractivity contribution is -0.0602. The number of ether oxygens (including phenoxy) is 4. The predicted octanol–water partition coefficient (Wildman–Crippen LogP) is -0.418. The minimum Gasteiger partial charge on any atom is -0.386 e. The summed E-state index contributed by atoms with van der Waals surface area (Å²) in [6.07, 6.45) is -4.25. The number of imidazole rings is 2. The van der Waals surface area contributed by atoms with Crippen LogP contribution in [0.25, 0.3) is 22.3 Å². The van der Waals surface area contributed by atoms with Crippen molar-refractivity contribution in [2.24, 2.45) is 0 Å². The highest BCUT2D eigenvalue weighted by atomic mass is 32.1. The van der Waals surface area contributed by atoms with Gasteiger partial charge in [0.25, 0.3) is 5.56 Å². The number of nitrogens with one attached hydrogen (secondary N) is 1. The van der Waals surface area contributed by atoms with Crippen molar-refractivity contribution in [2.45, 2.75) is 49.1 Å². The average molecular weight is 703 g/mol. The normalized spacial score (nSPS) is 28.9. The number of H-pyrrole nitrogens is 1. The van der Waals surface area contributed by atoms with Gasteiger partial charge in [-0.2, -0.15) is 17.6 Å². The van der Waals surface area contributed by atoms with Crippen LogP contribution in [0.1, 0.15) is 12.5 Å². The lowest BCUT2D eigenvalue weighted by Gasteiger charge is -2.23. The Balaban J connectivity index is 1.17. The molecule has 2 aliphatic rings. The molecule has 248 valence electrons. The summed E-state index contributed by atoms with van der Waals surface area (Å²) in [4.78, 5) is 35.2. The zero-order chi connectivity index (χ0) is 32.5. The second kappa shape index (κ2) is 13.9. The van der Waals surface area contributed by atoms with E-state index in [1.54, 1.807) is 0 Å². The van der Waals surface area contributed by atoms with Crippen LogP contribution in [0.2, 0.25) is 0 Å². The van der Waals surface area contributed by atoms with E-state index in [0.29, 0.717) is 0 Å². The summed E-state index contributed by atoms with van der Waals surface area (Å²) in [5, 5.41) is 11.2. The Morgan fingerprint density at radius 1 is 1.04 bits per heavy atom. The van der Waals surface area contributed by atoms with E-state index >= 15 is 0 Å². The number of aromatic nitrogens is 8. The van der Waals surface area contributed by atoms with Crippen LogP contribution in [-0.4, -0.2) is 107 Å². The molecule has 6 rings (SSSR count). The summed E-state index contributed by atoms with van der Waals surface area (Å²) in [6.45, 7) is -0.595. The first-order chi connectivity index (χ1) is 22.2. The molecule has 2 fully saturated rings. The van der Waals surface area contributed by atoms with E-state index in [0.717, 1.165) is 0 Å². The topological polar surface area (TPSA) is 278 Å². The molecular weight excluding hydrogens is 674 g/mol. The first kappa shape index (κ1) is 32.8. The maximum Gasteiger partial charge on any atom is 0.327 e. The van der Waals surface area contributed by atoms with E-state index in [2.05, 4.69) is 42.5 Å². The van der Waals surface area contributed by atoms with Gasteiger partial charge in [0.2, 0.25) is 5.95 Å². The van der Waals surface area contributed by atoms with Crippen LogP contribution in [0.5, 0.6) is 0 Å². The summed E-state index contributed by atoms with van der Waals surface area (Å²) in [5.41, 5.74) is 11.8. The first-order valence-corrected chi connectivity index (χ1v) is 16.0. The number of aliphatic hydroxyl groups is 1. The van der Waals surface area contributed by atoms with Crippen molar-refractivity contribution in [2.75, 3.05) is 37.7 Å². The van der Waals surface area contributed by atoms with Crippen molar-refractivity contribution in [3.8, 4) is 0 Å². The monoisotopic (exact) mass is 702 g/mol. The third-order valence-electron chi connectivity index (χ3n) is 7.41. The molecule has 9 unspecified atom stereocenters. The fourth-order valence-electron chi connectivity index (χ4n) is 5.43. The van der Waals surface area contributed by atoms with Crippen molar-refractivity contribution in [1.29, 1.82) is 0 Å². The van der Waals surface area contributed by atoms with Crippen LogP contribution in [0, 0.1) is 0 Å². The summed E-state index contributed by atoms with van der Waals surface area (Å²) >= 11 is 4.16. The van der Waals surface area contributed by atoms with Gasteiger partial charge >= 0.3 is 16.9 Å². The van der Waals surface area contributed by atoms with Gasteiger partial charge in [0.05, 0.1) is 31.8 Å². The van der Waals surface area contributed by atoms with Crippen molar-refractivity contribution in [1.82, 2.24) is 39.0 Å². The van der Waals surface area contributed by atoms with Gasteiger partial charge in [0.15, 0.2) is 35.1 Å². The molecule has 4 aromatic heterocycles. The third kappa shape index (κ3) is 6.14. The number of rotatable bonds is 13. The largest absolute Gasteiger partial charge is 0.386 e. The number of aliphatic hydroxyl groups excluding tert-OH is 1. The zero-order valence-electron chi connectivity index (χ0n) is 23.7. The summed E-state index contributed by atoms with van der Waals surface area (Å²) in [6, 6.07) is 0. The maximum atomic E-state index is 13.1. The third-order valence-corrected chi connectivity index (χ3v) is 8.68. The SMILES string of the molecule is COC1C(CO[PH](=O)OC2C(COP=O)OC(n3cnc4c(N)ncnc43)C2O)OC(n2cnc3c(=O)[nH]c(N)nc32)C1OCS. The van der Waals surface area contributed by atoms with E-state index in [4.69, 9.17) is 44.0 Å². The van der Waals surface area contributed by atoms with E-state index in [-0.39, 0.29) is 53.2 Å². The van der Waals surface area contributed by atoms with E-state index < -0.39 is 71.6 Å². The Labute approximate surface area is 265 Å². The molecule has 0 radical (unpaired) electrons. The number of methoxy groups -OCH3 is 1. The Hall–Kier alpha value is -3.14. The van der Waals surface area contributed by atoms with Crippen LogP contribution in [-0.2, 0) is 41.6 Å². The molecule has 0 saturated carbocycles. The molecule has 6 N–H and O–H groups in total. The highest BCUT2D eigenvalue weighted by Gasteiger charge is 2.49. The number of thiol groups is 1. The molecule has 24 heteroatoms. The first-order valence-electron chi connectivity index (χ1n) is 13.4. The minimum absolute atomic E-state index is 0.0156. The van der Waals surface area contributed by atoms with Gasteiger partial charge in [-0.15, -0.1) is 0 Å². The molecular formula is C22H28N10O11P2S. The van der Waals surface area contributed by atoms with Crippen LogP contribution < -0.4 is 17.0 Å². The van der Waals surface area contributed by atoms with Crippen LogP contribution in [0.15, 0.2) is 23.8 Å². The molecule has 0 spiro atoms. The number of aromatic amines is 1. The maximum absolute atomic E-state index is 13.1. The van der Waals surface area contributed by atoms with Crippen molar-refractivity contribution < 1.29 is 46.8 Å². The minimum atomic E-state index is -3.35. The summed E-state index contributed by atoms with van der Waals surface area (Å²) in [5.74, 6) is -0.0195. The summed E-state index contributed by atoms with van der Waals surface area (Å²) < 4.78 is 66.7. The number of nitrogens with two attached hydrogens (primary N) is 2. The van der Waals surface area contributed by atoms with Crippen molar-refractivity contribution >= 4 is 63.7 Å². The lowest BCUT2D eigenvalue weighted by atomic mass is 10.1. The molecule has 21 nitrogen and oxygen atoms in total. The Morgan fingerprint density at radius 2 is 1.76 bits per heavy atom. The highest BCUT2D eigenvalue weighted by Crippen LogP contribution is 2.41. The highest BCUT2D eigenvalue weighted by molar-refractivity contribution is 7.80. The molecule has 2 saturated heterocycles. The number of nitrogen functional groups attached to an aromatic ring is 2. The Morgan fingerprint density at radius 3 is 2.50 bits per heavy atom. The number of hydrogen-bond donors (Lipinski definition) is 5. The Bertz CT molecular complexity index is 1790. The van der Waals surface area contributed by atoms with Crippen LogP contribution in [0.3, 0.4) is 0 Å². The number of anilines is 2. The number of nitrogens with zero attached hydrogens (tertiary/aromatic N) is 7. The second-order valence-corrected chi connectivity index (χ2v) is 11.6. The van der Waals surface area contributed by atoms with Gasteiger partial charge in [0, 0.05) is 7.11 Å². The van der Waals surface area contributed by atoms with Gasteiger partial charge in [-0.1, -0.05) is 0 Å². The molecule has 0 aliphatic carbocycles. The fourth-order valence-corrected chi connectivity index (χ4v) is 6.69. The molecule has 6 heterocycles. The molecule has 2 aliphatic heterocycles.